The molecule has 1 fully saturated rings. The van der Waals surface area contributed by atoms with Crippen LogP contribution in [0.25, 0.3) is 10.6 Å². The van der Waals surface area contributed by atoms with Crippen molar-refractivity contribution >= 4 is 46.4 Å². The third-order valence-corrected chi connectivity index (χ3v) is 7.33. The Hall–Kier alpha value is -2.45. The topological polar surface area (TPSA) is 88.5 Å². The van der Waals surface area contributed by atoms with Crippen LogP contribution in [-0.2, 0) is 22.5 Å². The van der Waals surface area contributed by atoms with Gasteiger partial charge in [0.2, 0.25) is 0 Å². The first kappa shape index (κ1) is 23.7. The van der Waals surface area contributed by atoms with Gasteiger partial charge in [0.1, 0.15) is 9.88 Å². The molecule has 9 heteroatoms. The van der Waals surface area contributed by atoms with Crippen LogP contribution in [-0.4, -0.2) is 34.2 Å². The highest BCUT2D eigenvalue weighted by molar-refractivity contribution is 7.17. The maximum absolute atomic E-state index is 12.8. The monoisotopic (exact) mass is 504 g/mol. The zero-order valence-corrected chi connectivity index (χ0v) is 20.2. The fourth-order valence-electron chi connectivity index (χ4n) is 3.91. The number of ether oxygens (including phenoxy) is 1. The summed E-state index contributed by atoms with van der Waals surface area (Å²) in [5, 5.41) is 14.2. The summed E-state index contributed by atoms with van der Waals surface area (Å²) in [5.74, 6) is -1.16. The molecular weight excluding hydrogens is 483 g/mol. The summed E-state index contributed by atoms with van der Waals surface area (Å²) in [6.45, 7) is 2.55. The minimum Gasteiger partial charge on any atom is -0.479 e. The van der Waals surface area contributed by atoms with E-state index in [1.165, 1.54) is 11.3 Å². The van der Waals surface area contributed by atoms with Crippen molar-refractivity contribution in [1.82, 2.24) is 10.3 Å². The van der Waals surface area contributed by atoms with E-state index >= 15 is 0 Å². The first-order valence-corrected chi connectivity index (χ1v) is 12.0. The van der Waals surface area contributed by atoms with E-state index in [0.717, 1.165) is 23.1 Å². The van der Waals surface area contributed by atoms with Crippen molar-refractivity contribution in [2.75, 3.05) is 6.61 Å². The van der Waals surface area contributed by atoms with Gasteiger partial charge in [0.15, 0.2) is 5.60 Å². The van der Waals surface area contributed by atoms with Crippen LogP contribution >= 0.6 is 34.5 Å². The molecule has 2 aromatic carbocycles. The molecule has 0 aliphatic carbocycles. The molecule has 4 rings (SSSR count). The normalized spacial score (nSPS) is 17.8. The number of nitrogens with one attached hydrogen (secondary N) is 1. The van der Waals surface area contributed by atoms with Gasteiger partial charge in [-0.15, -0.1) is 11.3 Å². The van der Waals surface area contributed by atoms with Crippen LogP contribution in [0.2, 0.25) is 10.0 Å². The lowest BCUT2D eigenvalue weighted by Gasteiger charge is -2.23. The van der Waals surface area contributed by atoms with Crippen LogP contribution in [0.15, 0.2) is 42.5 Å². The number of carboxylic acids is 1. The van der Waals surface area contributed by atoms with E-state index in [-0.39, 0.29) is 5.91 Å². The molecule has 0 saturated carbocycles. The third kappa shape index (κ3) is 5.22. The third-order valence-electron chi connectivity index (χ3n) is 5.59. The van der Waals surface area contributed by atoms with Crippen LogP contribution in [0.1, 0.15) is 39.3 Å². The first-order valence-electron chi connectivity index (χ1n) is 10.4. The molecule has 1 aromatic heterocycles. The van der Waals surface area contributed by atoms with Crippen molar-refractivity contribution in [3.05, 3.63) is 74.2 Å². The van der Waals surface area contributed by atoms with E-state index in [2.05, 4.69) is 10.3 Å². The summed E-state index contributed by atoms with van der Waals surface area (Å²) >= 11 is 13.5. The molecule has 1 unspecified atom stereocenters. The number of nitrogens with zero attached hydrogens (tertiary/aromatic N) is 1. The summed E-state index contributed by atoms with van der Waals surface area (Å²) in [5.41, 5.74) is 1.92. The Kier molecular flexibility index (Phi) is 7.05. The van der Waals surface area contributed by atoms with Crippen molar-refractivity contribution in [1.29, 1.82) is 0 Å². The standard InChI is InChI=1S/C24H22Cl2N2O4S/c1-14-20(33-22(28-14)18-7-6-17(25)11-19(18)26)21(29)27-13-16-5-2-4-15(10-16)12-24(23(30)31)8-3-9-32-24/h2,4-7,10-11H,3,8-9,12-13H2,1H3,(H,27,29)(H,30,31). The zero-order valence-electron chi connectivity index (χ0n) is 17.9. The Balaban J connectivity index is 1.45. The van der Waals surface area contributed by atoms with Crippen LogP contribution in [0.3, 0.4) is 0 Å². The molecule has 33 heavy (non-hydrogen) atoms. The summed E-state index contributed by atoms with van der Waals surface area (Å²) in [4.78, 5) is 29.6. The minimum atomic E-state index is -1.17. The number of carboxylic acid groups (broad SMARTS) is 1. The molecule has 1 aliphatic heterocycles. The van der Waals surface area contributed by atoms with Gasteiger partial charge in [0.25, 0.3) is 5.91 Å². The highest BCUT2D eigenvalue weighted by Crippen LogP contribution is 2.34. The molecule has 0 radical (unpaired) electrons. The Bertz CT molecular complexity index is 1200. The summed E-state index contributed by atoms with van der Waals surface area (Å²) in [7, 11) is 0. The van der Waals surface area contributed by atoms with Gasteiger partial charge in [-0.3, -0.25) is 4.79 Å². The lowest BCUT2D eigenvalue weighted by Crippen LogP contribution is -2.40. The average molecular weight is 505 g/mol. The molecule has 2 N–H and O–H groups in total. The van der Waals surface area contributed by atoms with Crippen LogP contribution in [0.4, 0.5) is 0 Å². The van der Waals surface area contributed by atoms with Gasteiger partial charge < -0.3 is 15.2 Å². The molecule has 2 heterocycles. The Morgan fingerprint density at radius 2 is 2.00 bits per heavy atom. The Morgan fingerprint density at radius 1 is 1.21 bits per heavy atom. The number of carbonyl (C=O) groups is 2. The highest BCUT2D eigenvalue weighted by Gasteiger charge is 2.42. The van der Waals surface area contributed by atoms with Gasteiger partial charge in [0.05, 0.1) is 10.7 Å². The van der Waals surface area contributed by atoms with Crippen molar-refractivity contribution in [3.63, 3.8) is 0 Å². The number of benzene rings is 2. The maximum Gasteiger partial charge on any atom is 0.336 e. The van der Waals surface area contributed by atoms with E-state index in [1.54, 1.807) is 25.1 Å². The molecule has 1 aliphatic rings. The predicted molar refractivity (Wildman–Crippen MR) is 129 cm³/mol. The fraction of sp³-hybridized carbons (Fsp3) is 0.292. The molecule has 3 aromatic rings. The number of aromatic nitrogens is 1. The summed E-state index contributed by atoms with van der Waals surface area (Å²) < 4.78 is 5.58. The molecule has 1 amide bonds. The number of thiazole rings is 1. The highest BCUT2D eigenvalue weighted by atomic mass is 35.5. The molecule has 0 spiro atoms. The van der Waals surface area contributed by atoms with Crippen LogP contribution < -0.4 is 5.32 Å². The number of hydrogen-bond acceptors (Lipinski definition) is 5. The summed E-state index contributed by atoms with van der Waals surface area (Å²) in [6, 6.07) is 12.7. The van der Waals surface area contributed by atoms with Crippen molar-refractivity contribution < 1.29 is 19.4 Å². The zero-order chi connectivity index (χ0) is 23.6. The number of amides is 1. The molecule has 6 nitrogen and oxygen atoms in total. The van der Waals surface area contributed by atoms with Gasteiger partial charge in [-0.25, -0.2) is 9.78 Å². The summed E-state index contributed by atoms with van der Waals surface area (Å²) in [6.07, 6.45) is 1.52. The lowest BCUT2D eigenvalue weighted by atomic mass is 9.91. The van der Waals surface area contributed by atoms with Gasteiger partial charge in [-0.1, -0.05) is 47.5 Å². The van der Waals surface area contributed by atoms with E-state index < -0.39 is 11.6 Å². The lowest BCUT2D eigenvalue weighted by molar-refractivity contribution is -0.159. The number of halogens is 2. The maximum atomic E-state index is 12.8. The van der Waals surface area contributed by atoms with E-state index in [9.17, 15) is 14.7 Å². The largest absolute Gasteiger partial charge is 0.479 e. The number of carbonyl (C=O) groups excluding carboxylic acids is 1. The molecule has 172 valence electrons. The second kappa shape index (κ2) is 9.81. The van der Waals surface area contributed by atoms with Crippen LogP contribution in [0, 0.1) is 6.92 Å². The first-order chi connectivity index (χ1) is 15.8. The SMILES string of the molecule is Cc1nc(-c2ccc(Cl)cc2Cl)sc1C(=O)NCc1cccc(CC2(C(=O)O)CCCO2)c1. The second-order valence-electron chi connectivity index (χ2n) is 7.99. The van der Waals surface area contributed by atoms with E-state index in [4.69, 9.17) is 27.9 Å². The number of hydrogen-bond donors (Lipinski definition) is 2. The van der Waals surface area contributed by atoms with Crippen molar-refractivity contribution in [2.45, 2.75) is 38.3 Å². The quantitative estimate of drug-likeness (QED) is 0.441. The molecule has 1 atom stereocenters. The van der Waals surface area contributed by atoms with Crippen molar-refractivity contribution in [2.24, 2.45) is 0 Å². The number of aryl methyl sites for hydroxylation is 1. The van der Waals surface area contributed by atoms with E-state index in [0.29, 0.717) is 51.6 Å². The van der Waals surface area contributed by atoms with Gasteiger partial charge in [-0.05, 0) is 49.1 Å². The molecule has 1 saturated heterocycles. The van der Waals surface area contributed by atoms with Gasteiger partial charge in [0, 0.05) is 30.2 Å². The second-order valence-corrected chi connectivity index (χ2v) is 9.83. The molecule has 0 bridgehead atoms. The Labute approximate surface area is 205 Å². The van der Waals surface area contributed by atoms with Crippen molar-refractivity contribution in [3.8, 4) is 10.6 Å². The number of aliphatic carboxylic acids is 1. The van der Waals surface area contributed by atoms with Crippen LogP contribution in [0.5, 0.6) is 0 Å². The Morgan fingerprint density at radius 3 is 2.70 bits per heavy atom. The van der Waals surface area contributed by atoms with Gasteiger partial charge in [-0.2, -0.15) is 0 Å². The fourth-order valence-corrected chi connectivity index (χ4v) is 5.48. The number of rotatable bonds is 7. The minimum absolute atomic E-state index is 0.229. The average Bonchev–Trinajstić information content (AvgIpc) is 3.40. The smallest absolute Gasteiger partial charge is 0.336 e. The van der Waals surface area contributed by atoms with E-state index in [1.807, 2.05) is 24.3 Å². The predicted octanol–water partition coefficient (Wildman–Crippen LogP) is 5.53. The molecular formula is C24H22Cl2N2O4S. The van der Waals surface area contributed by atoms with Gasteiger partial charge >= 0.3 is 5.97 Å².